The number of carboxylic acid groups (broad SMARTS) is 1. The number of aliphatic carboxylic acids is 1. The predicted molar refractivity (Wildman–Crippen MR) is 62.2 cm³/mol. The highest BCUT2D eigenvalue weighted by atomic mass is 16.6. The fourth-order valence-corrected chi connectivity index (χ4v) is 1.71. The standard InChI is InChI=1S/C13H16O4/c1-10-4-2-5-11(8-10)16-7-3-6-13(9-17-13)12(14)15/h2,4-5,8H,3,6-7,9H2,1H3,(H,14,15). The van der Waals surface area contributed by atoms with Gasteiger partial charge in [-0.1, -0.05) is 12.1 Å². The Balaban J connectivity index is 1.72. The molecule has 0 aromatic heterocycles. The summed E-state index contributed by atoms with van der Waals surface area (Å²) in [5.41, 5.74) is 0.228. The molecule has 2 rings (SSSR count). The van der Waals surface area contributed by atoms with E-state index < -0.39 is 11.6 Å². The molecule has 1 atom stereocenters. The summed E-state index contributed by atoms with van der Waals surface area (Å²) >= 11 is 0. The summed E-state index contributed by atoms with van der Waals surface area (Å²) in [6, 6.07) is 7.80. The molecule has 0 radical (unpaired) electrons. The second-order valence-corrected chi connectivity index (χ2v) is 4.36. The Labute approximate surface area is 100 Å². The monoisotopic (exact) mass is 236 g/mol. The SMILES string of the molecule is Cc1cccc(OCCCC2(C(=O)O)CO2)c1. The first kappa shape index (κ1) is 11.9. The van der Waals surface area contributed by atoms with Crippen LogP contribution in [0.4, 0.5) is 0 Å². The molecule has 1 unspecified atom stereocenters. The Hall–Kier alpha value is -1.55. The molecule has 4 nitrogen and oxygen atoms in total. The van der Waals surface area contributed by atoms with Gasteiger partial charge in [-0.15, -0.1) is 0 Å². The van der Waals surface area contributed by atoms with Crippen LogP contribution in [0.25, 0.3) is 0 Å². The van der Waals surface area contributed by atoms with Crippen LogP contribution in [-0.2, 0) is 9.53 Å². The zero-order valence-electron chi connectivity index (χ0n) is 9.81. The second kappa shape index (κ2) is 4.75. The molecule has 1 aliphatic heterocycles. The predicted octanol–water partition coefficient (Wildman–Crippen LogP) is 2.01. The smallest absolute Gasteiger partial charge is 0.338 e. The molecule has 92 valence electrons. The first-order valence-electron chi connectivity index (χ1n) is 5.69. The first-order chi connectivity index (χ1) is 8.12. The molecule has 0 saturated carbocycles. The van der Waals surface area contributed by atoms with E-state index >= 15 is 0 Å². The van der Waals surface area contributed by atoms with Crippen LogP contribution in [0.5, 0.6) is 5.75 Å². The maximum atomic E-state index is 10.8. The highest BCUT2D eigenvalue weighted by molar-refractivity contribution is 5.80. The number of epoxide rings is 1. The molecule has 0 bridgehead atoms. The maximum absolute atomic E-state index is 10.8. The Morgan fingerprint density at radius 3 is 2.94 bits per heavy atom. The summed E-state index contributed by atoms with van der Waals surface area (Å²) in [6.45, 7) is 2.85. The van der Waals surface area contributed by atoms with Gasteiger partial charge < -0.3 is 14.6 Å². The number of hydrogen-bond acceptors (Lipinski definition) is 3. The van der Waals surface area contributed by atoms with Gasteiger partial charge in [-0.3, -0.25) is 0 Å². The quantitative estimate of drug-likeness (QED) is 0.606. The molecule has 1 aromatic carbocycles. The lowest BCUT2D eigenvalue weighted by Crippen LogP contribution is -2.24. The summed E-state index contributed by atoms with van der Waals surface area (Å²) in [5.74, 6) is -0.0425. The van der Waals surface area contributed by atoms with E-state index in [1.165, 1.54) is 0 Å². The van der Waals surface area contributed by atoms with E-state index in [1.807, 2.05) is 31.2 Å². The summed E-state index contributed by atoms with van der Waals surface area (Å²) < 4.78 is 10.5. The van der Waals surface area contributed by atoms with Crippen molar-refractivity contribution < 1.29 is 19.4 Å². The average molecular weight is 236 g/mol. The molecule has 1 aliphatic rings. The normalized spacial score (nSPS) is 22.2. The van der Waals surface area contributed by atoms with Crippen LogP contribution in [0.15, 0.2) is 24.3 Å². The minimum Gasteiger partial charge on any atom is -0.494 e. The van der Waals surface area contributed by atoms with Crippen LogP contribution in [0.3, 0.4) is 0 Å². The van der Waals surface area contributed by atoms with Crippen LogP contribution in [0.1, 0.15) is 18.4 Å². The average Bonchev–Trinajstić information content (AvgIpc) is 3.06. The van der Waals surface area contributed by atoms with Crippen LogP contribution in [-0.4, -0.2) is 29.9 Å². The second-order valence-electron chi connectivity index (χ2n) is 4.36. The van der Waals surface area contributed by atoms with Crippen molar-refractivity contribution in [2.24, 2.45) is 0 Å². The van der Waals surface area contributed by atoms with Gasteiger partial charge in [-0.2, -0.15) is 0 Å². The van der Waals surface area contributed by atoms with Crippen LogP contribution in [0, 0.1) is 6.92 Å². The van der Waals surface area contributed by atoms with Gasteiger partial charge in [0.1, 0.15) is 5.75 Å². The zero-order valence-corrected chi connectivity index (χ0v) is 9.81. The summed E-state index contributed by atoms with van der Waals surface area (Å²) in [4.78, 5) is 10.8. The Bertz CT molecular complexity index is 410. The van der Waals surface area contributed by atoms with Crippen LogP contribution in [0.2, 0.25) is 0 Å². The molecule has 1 N–H and O–H groups in total. The lowest BCUT2D eigenvalue weighted by atomic mass is 10.1. The van der Waals surface area contributed by atoms with E-state index in [0.717, 1.165) is 11.3 Å². The third-order valence-corrected chi connectivity index (χ3v) is 2.87. The zero-order chi connectivity index (χ0) is 12.3. The molecule has 1 saturated heterocycles. The number of ether oxygens (including phenoxy) is 2. The maximum Gasteiger partial charge on any atom is 0.338 e. The number of hydrogen-bond donors (Lipinski definition) is 1. The van der Waals surface area contributed by atoms with Gasteiger partial charge in [0, 0.05) is 0 Å². The molecule has 1 fully saturated rings. The van der Waals surface area contributed by atoms with Gasteiger partial charge in [-0.05, 0) is 37.5 Å². The Morgan fingerprint density at radius 2 is 2.35 bits per heavy atom. The third kappa shape index (κ3) is 2.97. The topological polar surface area (TPSA) is 59.1 Å². The van der Waals surface area contributed by atoms with Gasteiger partial charge in [0.05, 0.1) is 13.2 Å². The molecule has 0 aliphatic carbocycles. The lowest BCUT2D eigenvalue weighted by Gasteiger charge is -2.08. The van der Waals surface area contributed by atoms with Gasteiger partial charge in [-0.25, -0.2) is 4.79 Å². The fraction of sp³-hybridized carbons (Fsp3) is 0.462. The minimum absolute atomic E-state index is 0.326. The van der Waals surface area contributed by atoms with E-state index in [9.17, 15) is 4.79 Å². The minimum atomic E-state index is -0.921. The van der Waals surface area contributed by atoms with Crippen LogP contribution < -0.4 is 4.74 Å². The molecule has 0 amide bonds. The number of carboxylic acids is 1. The Kier molecular flexibility index (Phi) is 3.33. The molecule has 17 heavy (non-hydrogen) atoms. The summed E-state index contributed by atoms with van der Waals surface area (Å²) in [6.07, 6.45) is 1.19. The van der Waals surface area contributed by atoms with Gasteiger partial charge in [0.2, 0.25) is 0 Å². The van der Waals surface area contributed by atoms with Crippen molar-refractivity contribution in [2.45, 2.75) is 25.4 Å². The van der Waals surface area contributed by atoms with Crippen molar-refractivity contribution in [3.8, 4) is 5.75 Å². The number of benzene rings is 1. The van der Waals surface area contributed by atoms with Gasteiger partial charge in [0.15, 0.2) is 5.60 Å². The van der Waals surface area contributed by atoms with E-state index in [-0.39, 0.29) is 0 Å². The summed E-state index contributed by atoms with van der Waals surface area (Å²) in [7, 11) is 0. The van der Waals surface area contributed by atoms with E-state index in [0.29, 0.717) is 26.1 Å². The Morgan fingerprint density at radius 1 is 1.59 bits per heavy atom. The van der Waals surface area contributed by atoms with Gasteiger partial charge in [0.25, 0.3) is 0 Å². The molecule has 4 heteroatoms. The molecular weight excluding hydrogens is 220 g/mol. The van der Waals surface area contributed by atoms with Gasteiger partial charge >= 0.3 is 5.97 Å². The van der Waals surface area contributed by atoms with Crippen molar-refractivity contribution >= 4 is 5.97 Å². The van der Waals surface area contributed by atoms with Crippen molar-refractivity contribution in [3.05, 3.63) is 29.8 Å². The third-order valence-electron chi connectivity index (χ3n) is 2.87. The van der Waals surface area contributed by atoms with E-state index in [4.69, 9.17) is 14.6 Å². The van der Waals surface area contributed by atoms with E-state index in [1.54, 1.807) is 0 Å². The summed E-state index contributed by atoms with van der Waals surface area (Å²) in [5, 5.41) is 8.89. The van der Waals surface area contributed by atoms with Crippen molar-refractivity contribution in [2.75, 3.05) is 13.2 Å². The number of carbonyl (C=O) groups is 1. The number of aryl methyl sites for hydroxylation is 1. The largest absolute Gasteiger partial charge is 0.494 e. The van der Waals surface area contributed by atoms with Crippen LogP contribution >= 0.6 is 0 Å². The highest BCUT2D eigenvalue weighted by Gasteiger charge is 2.51. The molecule has 1 heterocycles. The van der Waals surface area contributed by atoms with Crippen molar-refractivity contribution in [1.82, 2.24) is 0 Å². The molecular formula is C13H16O4. The van der Waals surface area contributed by atoms with Crippen molar-refractivity contribution in [3.63, 3.8) is 0 Å². The fourth-order valence-electron chi connectivity index (χ4n) is 1.71. The number of rotatable bonds is 6. The lowest BCUT2D eigenvalue weighted by molar-refractivity contribution is -0.143. The molecule has 1 aromatic rings. The highest BCUT2D eigenvalue weighted by Crippen LogP contribution is 2.32. The first-order valence-corrected chi connectivity index (χ1v) is 5.69. The van der Waals surface area contributed by atoms with Crippen molar-refractivity contribution in [1.29, 1.82) is 0 Å². The van der Waals surface area contributed by atoms with E-state index in [2.05, 4.69) is 0 Å². The molecule has 0 spiro atoms.